The Morgan fingerprint density at radius 3 is 2.55 bits per heavy atom. The minimum Gasteiger partial charge on any atom is -0.361 e. The molecular weight excluding hydrogens is 662 g/mol. The van der Waals surface area contributed by atoms with Crippen molar-refractivity contribution in [3.05, 3.63) is 82.9 Å². The van der Waals surface area contributed by atoms with Crippen molar-refractivity contribution >= 4 is 52.0 Å². The Morgan fingerprint density at radius 1 is 0.939 bits per heavy atom. The monoisotopic (exact) mass is 705 g/mol. The van der Waals surface area contributed by atoms with Crippen LogP contribution in [0.5, 0.6) is 0 Å². The van der Waals surface area contributed by atoms with Gasteiger partial charge in [0.05, 0.1) is 6.04 Å². The number of benzene rings is 1. The highest BCUT2D eigenvalue weighted by Crippen LogP contribution is 2.32. The summed E-state index contributed by atoms with van der Waals surface area (Å²) >= 11 is 7.74. The van der Waals surface area contributed by atoms with E-state index < -0.39 is 18.1 Å². The van der Waals surface area contributed by atoms with E-state index in [1.165, 1.54) is 16.7 Å². The smallest absolute Gasteiger partial charge is 0.245 e. The molecule has 5 rings (SSSR count). The number of para-hydroxylation sites is 1. The third-order valence-electron chi connectivity index (χ3n) is 8.74. The Bertz CT molecular complexity index is 1750. The molecule has 0 saturated carbocycles. The van der Waals surface area contributed by atoms with E-state index in [9.17, 15) is 14.4 Å². The molecule has 3 aromatic heterocycles. The van der Waals surface area contributed by atoms with Gasteiger partial charge in [0.25, 0.3) is 0 Å². The summed E-state index contributed by atoms with van der Waals surface area (Å²) in [5, 5.41) is 11.5. The number of hydrogen-bond donors (Lipinski definition) is 6. The molecular formula is C35H44ClN9O3S. The Kier molecular flexibility index (Phi) is 13.0. The average molecular weight is 706 g/mol. The predicted molar refractivity (Wildman–Crippen MR) is 192 cm³/mol. The van der Waals surface area contributed by atoms with Crippen LogP contribution in [-0.4, -0.2) is 75.8 Å². The van der Waals surface area contributed by atoms with Crippen molar-refractivity contribution in [3.8, 4) is 0 Å². The number of carbonyl (C=O) groups excluding carboxylic acids is 3. The molecule has 3 atom stereocenters. The van der Waals surface area contributed by atoms with Crippen molar-refractivity contribution in [1.82, 2.24) is 35.8 Å². The third kappa shape index (κ3) is 9.37. The van der Waals surface area contributed by atoms with Crippen LogP contribution in [0.25, 0.3) is 10.9 Å². The molecule has 0 fully saturated rings. The Morgan fingerprint density at radius 2 is 1.73 bits per heavy atom. The van der Waals surface area contributed by atoms with E-state index in [4.69, 9.17) is 23.1 Å². The van der Waals surface area contributed by atoms with Gasteiger partial charge in [-0.2, -0.15) is 0 Å². The Hall–Kier alpha value is -4.01. The molecule has 8 N–H and O–H groups in total. The Labute approximate surface area is 295 Å². The zero-order valence-electron chi connectivity index (χ0n) is 27.6. The molecule has 14 heteroatoms. The number of fused-ring (bicyclic) bond motifs is 3. The van der Waals surface area contributed by atoms with E-state index in [2.05, 4.69) is 30.9 Å². The maximum atomic E-state index is 14.3. The van der Waals surface area contributed by atoms with Crippen molar-refractivity contribution in [2.24, 2.45) is 11.5 Å². The van der Waals surface area contributed by atoms with Crippen LogP contribution in [-0.2, 0) is 33.9 Å². The van der Waals surface area contributed by atoms with Gasteiger partial charge in [-0.05, 0) is 80.1 Å². The zero-order valence-corrected chi connectivity index (χ0v) is 29.2. The van der Waals surface area contributed by atoms with Gasteiger partial charge in [0.15, 0.2) is 0 Å². The molecule has 260 valence electrons. The standard InChI is InChI=1S/C35H44ClN9O3S/c1-45-29(16-23-19-40-26-10-3-2-9-25(23)26)33(47)43-20-24-17-31(36)42-21-30(24)49-34-22(8-7-15-39-34)18-41-27(12-6-14-38)32(46)44-28(35(45)48)11-4-5-13-37/h2-3,7-10,15,17,19,21,27-29,40-41H,4-6,11-14,16,18,20,37-38H2,1H3,(H,43,47)(H,44,46). The second kappa shape index (κ2) is 17.6. The highest BCUT2D eigenvalue weighted by molar-refractivity contribution is 7.99. The number of pyridine rings is 2. The van der Waals surface area contributed by atoms with Crippen LogP contribution in [0.2, 0.25) is 5.15 Å². The van der Waals surface area contributed by atoms with Gasteiger partial charge in [-0.25, -0.2) is 9.97 Å². The number of nitrogens with one attached hydrogen (secondary N) is 4. The maximum absolute atomic E-state index is 14.3. The number of carbonyl (C=O) groups is 3. The number of unbranched alkanes of at least 4 members (excludes halogenated alkanes) is 1. The van der Waals surface area contributed by atoms with E-state index >= 15 is 0 Å². The molecule has 1 aliphatic rings. The second-order valence-electron chi connectivity index (χ2n) is 12.1. The molecule has 12 nitrogen and oxygen atoms in total. The van der Waals surface area contributed by atoms with Gasteiger partial charge in [0, 0.05) is 60.9 Å². The molecule has 1 aliphatic heterocycles. The first-order chi connectivity index (χ1) is 23.8. The lowest BCUT2D eigenvalue weighted by Gasteiger charge is -2.32. The molecule has 0 radical (unpaired) electrons. The summed E-state index contributed by atoms with van der Waals surface area (Å²) in [5.74, 6) is -1.01. The fourth-order valence-electron chi connectivity index (χ4n) is 5.96. The zero-order chi connectivity index (χ0) is 34.8. The van der Waals surface area contributed by atoms with Crippen LogP contribution in [0.3, 0.4) is 0 Å². The highest BCUT2D eigenvalue weighted by Gasteiger charge is 2.34. The molecule has 49 heavy (non-hydrogen) atoms. The van der Waals surface area contributed by atoms with E-state index in [0.29, 0.717) is 51.7 Å². The van der Waals surface area contributed by atoms with Crippen LogP contribution in [0.1, 0.15) is 48.8 Å². The summed E-state index contributed by atoms with van der Waals surface area (Å²) < 4.78 is 0. The molecule has 0 aliphatic carbocycles. The number of aromatic amines is 1. The molecule has 0 spiro atoms. The number of rotatable bonds is 9. The Balaban J connectivity index is 1.55. The van der Waals surface area contributed by atoms with Gasteiger partial charge in [-0.1, -0.05) is 47.6 Å². The molecule has 0 bridgehead atoms. The fraction of sp³-hybridized carbons (Fsp3) is 0.400. The van der Waals surface area contributed by atoms with E-state index in [1.807, 2.05) is 42.6 Å². The van der Waals surface area contributed by atoms with Crippen molar-refractivity contribution in [2.45, 2.75) is 79.7 Å². The quantitative estimate of drug-likeness (QED) is 0.112. The molecule has 1 aromatic carbocycles. The van der Waals surface area contributed by atoms with Crippen LogP contribution in [0.4, 0.5) is 0 Å². The SMILES string of the molecule is CN1C(=O)C(CCCCN)NC(=O)C(CCCN)NCc2cccnc2Sc2cnc(Cl)cc2CNC(=O)C1Cc1c[nH]c2ccccc12. The summed E-state index contributed by atoms with van der Waals surface area (Å²) in [5.41, 5.74) is 15.1. The normalized spacial score (nSPS) is 19.6. The molecule has 4 heterocycles. The number of hydrogen-bond acceptors (Lipinski definition) is 9. The largest absolute Gasteiger partial charge is 0.361 e. The van der Waals surface area contributed by atoms with E-state index in [-0.39, 0.29) is 35.8 Å². The fourth-order valence-corrected chi connectivity index (χ4v) is 7.10. The predicted octanol–water partition coefficient (Wildman–Crippen LogP) is 3.27. The number of amides is 3. The van der Waals surface area contributed by atoms with E-state index in [1.54, 1.807) is 25.5 Å². The molecule has 3 unspecified atom stereocenters. The van der Waals surface area contributed by atoms with Crippen molar-refractivity contribution in [1.29, 1.82) is 0 Å². The lowest BCUT2D eigenvalue weighted by Crippen LogP contribution is -2.57. The highest BCUT2D eigenvalue weighted by atomic mass is 35.5. The summed E-state index contributed by atoms with van der Waals surface area (Å²) in [6.07, 6.45) is 8.27. The molecule has 4 aromatic rings. The van der Waals surface area contributed by atoms with Gasteiger partial charge in [0.2, 0.25) is 17.7 Å². The van der Waals surface area contributed by atoms with Gasteiger partial charge < -0.3 is 37.3 Å². The van der Waals surface area contributed by atoms with Gasteiger partial charge in [-0.15, -0.1) is 0 Å². The first-order valence-corrected chi connectivity index (χ1v) is 17.8. The molecule has 3 amide bonds. The number of halogens is 1. The first-order valence-electron chi connectivity index (χ1n) is 16.6. The van der Waals surface area contributed by atoms with Crippen LogP contribution in [0.15, 0.2) is 71.0 Å². The maximum Gasteiger partial charge on any atom is 0.245 e. The second-order valence-corrected chi connectivity index (χ2v) is 13.6. The van der Waals surface area contributed by atoms with Crippen LogP contribution >= 0.6 is 23.4 Å². The number of aromatic nitrogens is 3. The number of likely N-dealkylation sites (N-methyl/N-ethyl adjacent to an activating group) is 1. The summed E-state index contributed by atoms with van der Waals surface area (Å²) in [4.78, 5) is 56.8. The lowest BCUT2D eigenvalue weighted by molar-refractivity contribution is -0.142. The summed E-state index contributed by atoms with van der Waals surface area (Å²) in [6.45, 7) is 1.37. The lowest BCUT2D eigenvalue weighted by atomic mass is 10.0. The number of nitrogens with zero attached hydrogens (tertiary/aromatic N) is 3. The molecule has 0 saturated heterocycles. The number of H-pyrrole nitrogens is 1. The van der Waals surface area contributed by atoms with Gasteiger partial charge >= 0.3 is 0 Å². The van der Waals surface area contributed by atoms with Crippen LogP contribution < -0.4 is 27.4 Å². The summed E-state index contributed by atoms with van der Waals surface area (Å²) in [6, 6.07) is 11.0. The average Bonchev–Trinajstić information content (AvgIpc) is 3.52. The first kappa shape index (κ1) is 36.3. The number of nitrogens with two attached hydrogens (primary N) is 2. The minimum absolute atomic E-state index is 0.147. The van der Waals surface area contributed by atoms with Crippen molar-refractivity contribution < 1.29 is 14.4 Å². The van der Waals surface area contributed by atoms with Crippen molar-refractivity contribution in [2.75, 3.05) is 20.1 Å². The van der Waals surface area contributed by atoms with Crippen molar-refractivity contribution in [3.63, 3.8) is 0 Å². The topological polar surface area (TPSA) is 184 Å². The third-order valence-corrected chi connectivity index (χ3v) is 10.1. The van der Waals surface area contributed by atoms with Crippen LogP contribution in [0, 0.1) is 0 Å². The summed E-state index contributed by atoms with van der Waals surface area (Å²) in [7, 11) is 1.62. The van der Waals surface area contributed by atoms with E-state index in [0.717, 1.165) is 37.5 Å². The van der Waals surface area contributed by atoms with Gasteiger partial charge in [-0.3, -0.25) is 14.4 Å². The minimum atomic E-state index is -0.890. The van der Waals surface area contributed by atoms with Gasteiger partial charge in [0.1, 0.15) is 22.3 Å².